The van der Waals surface area contributed by atoms with E-state index in [0.717, 1.165) is 11.5 Å². The second kappa shape index (κ2) is 4.13. The van der Waals surface area contributed by atoms with Gasteiger partial charge in [0.2, 0.25) is 5.91 Å². The molecule has 2 aromatic rings. The Balaban J connectivity index is 2.22. The van der Waals surface area contributed by atoms with Crippen LogP contribution in [0, 0.1) is 6.92 Å². The summed E-state index contributed by atoms with van der Waals surface area (Å²) >= 11 is 0. The summed E-state index contributed by atoms with van der Waals surface area (Å²) in [6.07, 6.45) is 1.71. The number of fused-ring (bicyclic) bond motifs is 1. The van der Waals surface area contributed by atoms with Crippen molar-refractivity contribution in [2.45, 2.75) is 13.3 Å². The third-order valence-electron chi connectivity index (χ3n) is 2.06. The molecule has 0 fully saturated rings. The van der Waals surface area contributed by atoms with E-state index >= 15 is 0 Å². The Hall–Kier alpha value is -2.18. The van der Waals surface area contributed by atoms with Crippen molar-refractivity contribution in [3.8, 4) is 0 Å². The molecule has 7 heteroatoms. The molecule has 0 bridgehead atoms. The lowest BCUT2D eigenvalue weighted by atomic mass is 10.4. The molecule has 0 radical (unpaired) electrons. The number of carbonyl (C=O) groups is 1. The molecule has 0 atom stereocenters. The van der Waals surface area contributed by atoms with Crippen molar-refractivity contribution in [1.29, 1.82) is 0 Å². The number of hydrogen-bond acceptors (Lipinski definition) is 5. The summed E-state index contributed by atoms with van der Waals surface area (Å²) in [5.41, 5.74) is 5.89. The molecule has 84 valence electrons. The Morgan fingerprint density at radius 2 is 2.44 bits per heavy atom. The van der Waals surface area contributed by atoms with Gasteiger partial charge in [-0.3, -0.25) is 4.79 Å². The molecule has 2 rings (SSSR count). The Morgan fingerprint density at radius 1 is 1.62 bits per heavy atom. The van der Waals surface area contributed by atoms with Crippen LogP contribution < -0.4 is 11.1 Å². The first-order valence-corrected chi connectivity index (χ1v) is 4.86. The molecular weight excluding hydrogens is 208 g/mol. The van der Waals surface area contributed by atoms with E-state index < -0.39 is 0 Å². The van der Waals surface area contributed by atoms with Gasteiger partial charge in [0.25, 0.3) is 5.78 Å². The molecule has 0 aliphatic heterocycles. The Bertz CT molecular complexity index is 520. The van der Waals surface area contributed by atoms with Gasteiger partial charge in [0.05, 0.1) is 0 Å². The molecule has 0 aliphatic rings. The van der Waals surface area contributed by atoms with Crippen molar-refractivity contribution in [3.63, 3.8) is 0 Å². The molecule has 0 unspecified atom stereocenters. The average molecular weight is 220 g/mol. The van der Waals surface area contributed by atoms with E-state index in [1.54, 1.807) is 4.52 Å². The summed E-state index contributed by atoms with van der Waals surface area (Å²) in [7, 11) is 0. The van der Waals surface area contributed by atoms with E-state index in [-0.39, 0.29) is 12.3 Å². The highest BCUT2D eigenvalue weighted by atomic mass is 16.1. The highest BCUT2D eigenvalue weighted by Gasteiger charge is 2.04. The predicted molar refractivity (Wildman–Crippen MR) is 57.8 cm³/mol. The molecule has 1 amide bonds. The van der Waals surface area contributed by atoms with Crippen LogP contribution >= 0.6 is 0 Å². The Morgan fingerprint density at radius 3 is 3.19 bits per heavy atom. The fourth-order valence-corrected chi connectivity index (χ4v) is 1.37. The lowest BCUT2D eigenvalue weighted by Crippen LogP contribution is -2.17. The van der Waals surface area contributed by atoms with Gasteiger partial charge in [-0.2, -0.15) is 14.6 Å². The van der Waals surface area contributed by atoms with Gasteiger partial charge < -0.3 is 11.1 Å². The van der Waals surface area contributed by atoms with Crippen molar-refractivity contribution < 1.29 is 4.79 Å². The summed E-state index contributed by atoms with van der Waals surface area (Å²) in [6, 6.07) is 1.84. The van der Waals surface area contributed by atoms with Gasteiger partial charge in [0.1, 0.15) is 12.1 Å². The van der Waals surface area contributed by atoms with Crippen molar-refractivity contribution in [1.82, 2.24) is 19.6 Å². The van der Waals surface area contributed by atoms with E-state index in [0.29, 0.717) is 12.3 Å². The first-order chi connectivity index (χ1) is 7.66. The molecule has 0 aromatic carbocycles. The van der Waals surface area contributed by atoms with E-state index in [1.165, 1.54) is 6.33 Å². The molecule has 0 saturated heterocycles. The molecule has 0 saturated carbocycles. The number of aromatic nitrogens is 4. The zero-order valence-corrected chi connectivity index (χ0v) is 8.84. The number of aryl methyl sites for hydroxylation is 1. The maximum absolute atomic E-state index is 10.6. The lowest BCUT2D eigenvalue weighted by molar-refractivity contribution is -0.117. The van der Waals surface area contributed by atoms with Crippen molar-refractivity contribution in [2.24, 2.45) is 5.73 Å². The van der Waals surface area contributed by atoms with E-state index in [4.69, 9.17) is 5.73 Å². The Labute approximate surface area is 91.7 Å². The minimum absolute atomic E-state index is 0.275. The monoisotopic (exact) mass is 220 g/mol. The number of amides is 1. The highest BCUT2D eigenvalue weighted by Crippen LogP contribution is 2.09. The van der Waals surface area contributed by atoms with Crippen LogP contribution in [0.1, 0.15) is 12.1 Å². The molecule has 3 N–H and O–H groups in total. The first kappa shape index (κ1) is 10.3. The summed E-state index contributed by atoms with van der Waals surface area (Å²) in [5.74, 6) is 0.941. The minimum Gasteiger partial charge on any atom is -0.370 e. The van der Waals surface area contributed by atoms with Gasteiger partial charge in [0.15, 0.2) is 0 Å². The fourth-order valence-electron chi connectivity index (χ4n) is 1.37. The van der Waals surface area contributed by atoms with Gasteiger partial charge >= 0.3 is 0 Å². The van der Waals surface area contributed by atoms with Crippen LogP contribution in [0.25, 0.3) is 5.78 Å². The minimum atomic E-state index is -0.340. The van der Waals surface area contributed by atoms with Gasteiger partial charge in [-0.25, -0.2) is 4.98 Å². The second-order valence-corrected chi connectivity index (χ2v) is 3.40. The summed E-state index contributed by atoms with van der Waals surface area (Å²) in [4.78, 5) is 18.8. The standard InChI is InChI=1S/C9H12N6O/c1-6-4-8(11-3-2-7(10)16)15-9(14-6)12-5-13-15/h4-5,11H,2-3H2,1H3,(H2,10,16). The molecule has 7 nitrogen and oxygen atoms in total. The fraction of sp³-hybridized carbons (Fsp3) is 0.333. The Kier molecular flexibility index (Phi) is 2.67. The number of nitrogens with one attached hydrogen (secondary N) is 1. The van der Waals surface area contributed by atoms with Gasteiger partial charge in [-0.15, -0.1) is 0 Å². The topological polar surface area (TPSA) is 98.2 Å². The average Bonchev–Trinajstić information content (AvgIpc) is 2.64. The number of nitrogens with two attached hydrogens (primary N) is 1. The number of primary amides is 1. The van der Waals surface area contributed by atoms with Crippen LogP contribution in [0.3, 0.4) is 0 Å². The van der Waals surface area contributed by atoms with Gasteiger partial charge in [0, 0.05) is 24.7 Å². The second-order valence-electron chi connectivity index (χ2n) is 3.40. The van der Waals surface area contributed by atoms with E-state index in [9.17, 15) is 4.79 Å². The van der Waals surface area contributed by atoms with Crippen LogP contribution in [0.2, 0.25) is 0 Å². The third kappa shape index (κ3) is 2.08. The van der Waals surface area contributed by atoms with Crippen molar-refractivity contribution in [3.05, 3.63) is 18.1 Å². The zero-order chi connectivity index (χ0) is 11.5. The molecule has 16 heavy (non-hydrogen) atoms. The quantitative estimate of drug-likeness (QED) is 0.738. The predicted octanol–water partition coefficient (Wildman–Crippen LogP) is -0.280. The zero-order valence-electron chi connectivity index (χ0n) is 8.84. The van der Waals surface area contributed by atoms with E-state index in [2.05, 4.69) is 20.4 Å². The smallest absolute Gasteiger partial charge is 0.254 e. The number of hydrogen-bond donors (Lipinski definition) is 2. The SMILES string of the molecule is Cc1cc(NCCC(N)=O)n2ncnc2n1. The van der Waals surface area contributed by atoms with Gasteiger partial charge in [-0.05, 0) is 6.92 Å². The summed E-state index contributed by atoms with van der Waals surface area (Å²) in [5, 5.41) is 7.09. The number of nitrogens with zero attached hydrogens (tertiary/aromatic N) is 4. The first-order valence-electron chi connectivity index (χ1n) is 4.86. The maximum Gasteiger partial charge on any atom is 0.254 e. The van der Waals surface area contributed by atoms with E-state index in [1.807, 2.05) is 13.0 Å². The normalized spacial score (nSPS) is 10.6. The van der Waals surface area contributed by atoms with Crippen LogP contribution in [0.4, 0.5) is 5.82 Å². The van der Waals surface area contributed by atoms with Crippen LogP contribution in [0.15, 0.2) is 12.4 Å². The summed E-state index contributed by atoms with van der Waals surface area (Å²) in [6.45, 7) is 2.34. The van der Waals surface area contributed by atoms with Crippen molar-refractivity contribution >= 4 is 17.5 Å². The third-order valence-corrected chi connectivity index (χ3v) is 2.06. The van der Waals surface area contributed by atoms with Crippen LogP contribution in [0.5, 0.6) is 0 Å². The van der Waals surface area contributed by atoms with Crippen molar-refractivity contribution in [2.75, 3.05) is 11.9 Å². The van der Waals surface area contributed by atoms with Gasteiger partial charge in [-0.1, -0.05) is 0 Å². The number of anilines is 1. The molecule has 0 spiro atoms. The van der Waals surface area contributed by atoms with Crippen LogP contribution in [-0.2, 0) is 4.79 Å². The molecule has 0 aliphatic carbocycles. The molecule has 2 aromatic heterocycles. The number of rotatable bonds is 4. The lowest BCUT2D eigenvalue weighted by Gasteiger charge is -2.07. The van der Waals surface area contributed by atoms with Crippen LogP contribution in [-0.4, -0.2) is 32.0 Å². The maximum atomic E-state index is 10.6. The summed E-state index contributed by atoms with van der Waals surface area (Å²) < 4.78 is 1.58. The number of carbonyl (C=O) groups excluding carboxylic acids is 1. The molecule has 2 heterocycles. The highest BCUT2D eigenvalue weighted by molar-refractivity contribution is 5.74. The largest absolute Gasteiger partial charge is 0.370 e. The molecular formula is C9H12N6O.